The smallest absolute Gasteiger partial charge is 0.101 e. The predicted octanol–water partition coefficient (Wildman–Crippen LogP) is 2.70. The van der Waals surface area contributed by atoms with Crippen molar-refractivity contribution >= 4 is 21.6 Å². The summed E-state index contributed by atoms with van der Waals surface area (Å²) in [7, 11) is 0. The van der Waals surface area contributed by atoms with Crippen molar-refractivity contribution in [2.75, 3.05) is 31.2 Å². The van der Waals surface area contributed by atoms with Crippen LogP contribution in [-0.2, 0) is 9.47 Å². The van der Waals surface area contributed by atoms with Crippen LogP contribution in [0.5, 0.6) is 0 Å². The van der Waals surface area contributed by atoms with Crippen molar-refractivity contribution in [2.45, 2.75) is 25.0 Å². The van der Waals surface area contributed by atoms with Gasteiger partial charge in [0.2, 0.25) is 0 Å². The van der Waals surface area contributed by atoms with E-state index in [9.17, 15) is 5.26 Å². The van der Waals surface area contributed by atoms with Gasteiger partial charge in [-0.05, 0) is 31.0 Å². The Hall–Kier alpha value is -1.09. The number of nitrogens with zero attached hydrogens (tertiary/aromatic N) is 2. The van der Waals surface area contributed by atoms with Gasteiger partial charge in [0.05, 0.1) is 24.0 Å². The molecule has 0 radical (unpaired) electrons. The van der Waals surface area contributed by atoms with Gasteiger partial charge in [-0.3, -0.25) is 0 Å². The SMILES string of the molecule is N#Cc1cc(Br)ccc1N1CCO[C@@H]([C@H]2CCCO2)C1. The van der Waals surface area contributed by atoms with Crippen molar-refractivity contribution in [1.82, 2.24) is 0 Å². The second-order valence-electron chi connectivity index (χ2n) is 5.18. The zero-order chi connectivity index (χ0) is 13.9. The molecule has 2 atom stereocenters. The number of ether oxygens (including phenoxy) is 2. The predicted molar refractivity (Wildman–Crippen MR) is 79.8 cm³/mol. The molecule has 2 aliphatic rings. The van der Waals surface area contributed by atoms with Crippen LogP contribution in [0.4, 0.5) is 5.69 Å². The number of benzene rings is 1. The van der Waals surface area contributed by atoms with Crippen LogP contribution in [0, 0.1) is 11.3 Å². The molecule has 0 N–H and O–H groups in total. The zero-order valence-electron chi connectivity index (χ0n) is 11.2. The first kappa shape index (κ1) is 13.9. The summed E-state index contributed by atoms with van der Waals surface area (Å²) in [5, 5.41) is 9.30. The summed E-state index contributed by atoms with van der Waals surface area (Å²) in [6.07, 6.45) is 2.51. The zero-order valence-corrected chi connectivity index (χ0v) is 12.8. The average molecular weight is 337 g/mol. The fourth-order valence-corrected chi connectivity index (χ4v) is 3.25. The van der Waals surface area contributed by atoms with E-state index in [0.29, 0.717) is 12.2 Å². The van der Waals surface area contributed by atoms with Crippen molar-refractivity contribution in [2.24, 2.45) is 0 Å². The minimum Gasteiger partial charge on any atom is -0.375 e. The second kappa shape index (κ2) is 6.13. The van der Waals surface area contributed by atoms with Crippen LogP contribution in [0.15, 0.2) is 22.7 Å². The molecule has 2 aliphatic heterocycles. The van der Waals surface area contributed by atoms with Crippen LogP contribution in [-0.4, -0.2) is 38.5 Å². The minimum absolute atomic E-state index is 0.112. The molecule has 20 heavy (non-hydrogen) atoms. The van der Waals surface area contributed by atoms with Gasteiger partial charge in [0.1, 0.15) is 12.2 Å². The highest BCUT2D eigenvalue weighted by Crippen LogP contribution is 2.28. The molecule has 0 bridgehead atoms. The summed E-state index contributed by atoms with van der Waals surface area (Å²) < 4.78 is 12.5. The Bertz CT molecular complexity index is 523. The van der Waals surface area contributed by atoms with Crippen molar-refractivity contribution < 1.29 is 9.47 Å². The third-order valence-corrected chi connectivity index (χ3v) is 4.39. The van der Waals surface area contributed by atoms with Gasteiger partial charge < -0.3 is 14.4 Å². The summed E-state index contributed by atoms with van der Waals surface area (Å²) in [6.45, 7) is 3.14. The summed E-state index contributed by atoms with van der Waals surface area (Å²) in [4.78, 5) is 2.24. The lowest BCUT2D eigenvalue weighted by atomic mass is 10.1. The Labute approximate surface area is 127 Å². The Morgan fingerprint density at radius 2 is 2.10 bits per heavy atom. The first-order chi connectivity index (χ1) is 9.78. The van der Waals surface area contributed by atoms with Crippen LogP contribution >= 0.6 is 15.9 Å². The average Bonchev–Trinajstić information content (AvgIpc) is 3.01. The Morgan fingerprint density at radius 3 is 2.85 bits per heavy atom. The van der Waals surface area contributed by atoms with Gasteiger partial charge >= 0.3 is 0 Å². The molecule has 2 heterocycles. The van der Waals surface area contributed by atoms with Gasteiger partial charge in [-0.25, -0.2) is 0 Å². The van der Waals surface area contributed by atoms with E-state index in [2.05, 4.69) is 26.9 Å². The van der Waals surface area contributed by atoms with Gasteiger partial charge in [-0.1, -0.05) is 15.9 Å². The largest absolute Gasteiger partial charge is 0.375 e. The monoisotopic (exact) mass is 336 g/mol. The fourth-order valence-electron chi connectivity index (χ4n) is 2.89. The van der Waals surface area contributed by atoms with E-state index in [4.69, 9.17) is 9.47 Å². The van der Waals surface area contributed by atoms with Gasteiger partial charge in [-0.2, -0.15) is 5.26 Å². The number of halogens is 1. The first-order valence-electron chi connectivity index (χ1n) is 6.96. The van der Waals surface area contributed by atoms with Crippen LogP contribution in [0.2, 0.25) is 0 Å². The summed E-state index contributed by atoms with van der Waals surface area (Å²) >= 11 is 3.41. The van der Waals surface area contributed by atoms with E-state index in [0.717, 1.165) is 42.7 Å². The Morgan fingerprint density at radius 1 is 1.25 bits per heavy atom. The topological polar surface area (TPSA) is 45.5 Å². The molecule has 0 spiro atoms. The van der Waals surface area contributed by atoms with E-state index in [1.54, 1.807) is 0 Å². The lowest BCUT2D eigenvalue weighted by Crippen LogP contribution is -2.47. The van der Waals surface area contributed by atoms with E-state index < -0.39 is 0 Å². The summed E-state index contributed by atoms with van der Waals surface area (Å²) in [5.74, 6) is 0. The molecule has 106 valence electrons. The quantitative estimate of drug-likeness (QED) is 0.832. The van der Waals surface area contributed by atoms with Crippen molar-refractivity contribution in [3.05, 3.63) is 28.2 Å². The lowest BCUT2D eigenvalue weighted by Gasteiger charge is -2.37. The molecule has 0 amide bonds. The Balaban J connectivity index is 1.78. The highest BCUT2D eigenvalue weighted by molar-refractivity contribution is 9.10. The molecule has 0 aromatic heterocycles. The van der Waals surface area contributed by atoms with Crippen molar-refractivity contribution in [3.63, 3.8) is 0 Å². The van der Waals surface area contributed by atoms with Crippen LogP contribution in [0.1, 0.15) is 18.4 Å². The molecule has 2 fully saturated rings. The normalized spacial score (nSPS) is 26.5. The van der Waals surface area contributed by atoms with Gasteiger partial charge in [0.15, 0.2) is 0 Å². The molecular formula is C15H17BrN2O2. The van der Waals surface area contributed by atoms with E-state index >= 15 is 0 Å². The number of anilines is 1. The second-order valence-corrected chi connectivity index (χ2v) is 6.10. The van der Waals surface area contributed by atoms with Gasteiger partial charge in [0, 0.05) is 24.2 Å². The van der Waals surface area contributed by atoms with Gasteiger partial charge in [-0.15, -0.1) is 0 Å². The standard InChI is InChI=1S/C15H17BrN2O2/c16-12-3-4-13(11(8-12)9-17)18-5-7-20-15(10-18)14-2-1-6-19-14/h3-4,8,14-15H,1-2,5-7,10H2/t14-,15-/m1/s1. The third kappa shape index (κ3) is 2.83. The molecule has 1 aromatic carbocycles. The van der Waals surface area contributed by atoms with Crippen LogP contribution < -0.4 is 4.90 Å². The molecule has 5 heteroatoms. The molecule has 0 unspecified atom stereocenters. The highest BCUT2D eigenvalue weighted by atomic mass is 79.9. The Kier molecular flexibility index (Phi) is 4.25. The molecule has 3 rings (SSSR count). The number of nitriles is 1. The molecule has 1 aromatic rings. The fraction of sp³-hybridized carbons (Fsp3) is 0.533. The van der Waals surface area contributed by atoms with E-state index in [1.165, 1.54) is 0 Å². The van der Waals surface area contributed by atoms with E-state index in [-0.39, 0.29) is 12.2 Å². The molecule has 0 aliphatic carbocycles. The van der Waals surface area contributed by atoms with Crippen molar-refractivity contribution in [1.29, 1.82) is 5.26 Å². The number of hydrogen-bond donors (Lipinski definition) is 0. The van der Waals surface area contributed by atoms with Crippen LogP contribution in [0.25, 0.3) is 0 Å². The molecular weight excluding hydrogens is 320 g/mol. The summed E-state index contributed by atoms with van der Waals surface area (Å²) in [6, 6.07) is 8.12. The number of hydrogen-bond acceptors (Lipinski definition) is 4. The number of rotatable bonds is 2. The molecule has 0 saturated carbocycles. The maximum absolute atomic E-state index is 9.30. The maximum atomic E-state index is 9.30. The maximum Gasteiger partial charge on any atom is 0.101 e. The van der Waals surface area contributed by atoms with Crippen LogP contribution in [0.3, 0.4) is 0 Å². The summed E-state index contributed by atoms with van der Waals surface area (Å²) in [5.41, 5.74) is 1.69. The van der Waals surface area contributed by atoms with Gasteiger partial charge in [0.25, 0.3) is 0 Å². The highest BCUT2D eigenvalue weighted by Gasteiger charge is 2.31. The first-order valence-corrected chi connectivity index (χ1v) is 7.75. The minimum atomic E-state index is 0.112. The van der Waals surface area contributed by atoms with Crippen molar-refractivity contribution in [3.8, 4) is 6.07 Å². The third-order valence-electron chi connectivity index (χ3n) is 3.89. The molecule has 2 saturated heterocycles. The lowest BCUT2D eigenvalue weighted by molar-refractivity contribution is -0.0543. The van der Waals surface area contributed by atoms with E-state index in [1.807, 2.05) is 18.2 Å². The molecule has 4 nitrogen and oxygen atoms in total. The number of morpholine rings is 1.